The fraction of sp³-hybridized carbons (Fsp3) is 0.526. The zero-order valence-corrected chi connectivity index (χ0v) is 18.6. The summed E-state index contributed by atoms with van der Waals surface area (Å²) in [6.45, 7) is 8.30. The topological polar surface area (TPSA) is 116 Å². The maximum absolute atomic E-state index is 12.7. The van der Waals surface area contributed by atoms with Gasteiger partial charge in [-0.15, -0.1) is 0 Å². The molecule has 0 saturated heterocycles. The number of amides is 3. The third-order valence-electron chi connectivity index (χ3n) is 3.82. The maximum atomic E-state index is 12.7. The van der Waals surface area contributed by atoms with Crippen LogP contribution in [0.15, 0.2) is 29.2 Å². The first-order valence-corrected chi connectivity index (χ1v) is 10.6. The van der Waals surface area contributed by atoms with Crippen molar-refractivity contribution in [2.24, 2.45) is 0 Å². The van der Waals surface area contributed by atoms with Crippen LogP contribution in [-0.2, 0) is 24.4 Å². The zero-order valence-electron chi connectivity index (χ0n) is 17.8. The molecule has 162 valence electrons. The molecule has 3 amide bonds. The van der Waals surface area contributed by atoms with Crippen molar-refractivity contribution < 1.29 is 22.8 Å². The summed E-state index contributed by atoms with van der Waals surface area (Å²) in [6.07, 6.45) is 0. The highest BCUT2D eigenvalue weighted by Gasteiger charge is 2.26. The molecule has 10 heteroatoms. The number of hydrogen-bond acceptors (Lipinski definition) is 5. The van der Waals surface area contributed by atoms with Crippen LogP contribution in [0.1, 0.15) is 34.6 Å². The quantitative estimate of drug-likeness (QED) is 0.644. The van der Waals surface area contributed by atoms with E-state index in [4.69, 9.17) is 0 Å². The molecule has 0 aliphatic rings. The zero-order chi connectivity index (χ0) is 22.4. The van der Waals surface area contributed by atoms with E-state index >= 15 is 0 Å². The van der Waals surface area contributed by atoms with Gasteiger partial charge in [-0.05, 0) is 52.0 Å². The first-order chi connectivity index (χ1) is 13.3. The molecule has 0 aliphatic carbocycles. The number of nitrogens with one attached hydrogen (secondary N) is 2. The van der Waals surface area contributed by atoms with Crippen LogP contribution >= 0.6 is 0 Å². The van der Waals surface area contributed by atoms with Crippen LogP contribution in [-0.4, -0.2) is 67.6 Å². The molecule has 0 aliphatic heterocycles. The summed E-state index contributed by atoms with van der Waals surface area (Å²) in [7, 11) is -2.60. The van der Waals surface area contributed by atoms with E-state index in [9.17, 15) is 22.8 Å². The van der Waals surface area contributed by atoms with Crippen molar-refractivity contribution in [2.75, 3.05) is 32.0 Å². The lowest BCUT2D eigenvalue weighted by Crippen LogP contribution is -2.49. The molecule has 1 aromatic carbocycles. The van der Waals surface area contributed by atoms with Gasteiger partial charge in [-0.25, -0.2) is 8.42 Å². The summed E-state index contributed by atoms with van der Waals surface area (Å²) in [5.41, 5.74) is 0.0421. The van der Waals surface area contributed by atoms with E-state index in [0.717, 1.165) is 4.31 Å². The summed E-state index contributed by atoms with van der Waals surface area (Å²) in [5, 5.41) is 5.33. The Hall–Kier alpha value is -2.46. The molecule has 29 heavy (non-hydrogen) atoms. The predicted molar refractivity (Wildman–Crippen MR) is 111 cm³/mol. The monoisotopic (exact) mass is 426 g/mol. The number of nitrogens with zero attached hydrogens (tertiary/aromatic N) is 2. The molecule has 1 rings (SSSR count). The number of benzene rings is 1. The molecule has 0 heterocycles. The number of carbonyl (C=O) groups excluding carboxylic acids is 3. The molecule has 0 radical (unpaired) electrons. The molecule has 0 atom stereocenters. The van der Waals surface area contributed by atoms with Crippen molar-refractivity contribution in [1.82, 2.24) is 14.5 Å². The lowest BCUT2D eigenvalue weighted by atomic mass is 10.1. The number of likely N-dealkylation sites (N-methyl/N-ethyl adjacent to an activating group) is 2. The Morgan fingerprint density at radius 2 is 1.59 bits per heavy atom. The molecule has 0 spiro atoms. The lowest BCUT2D eigenvalue weighted by molar-refractivity contribution is -0.136. The number of sulfonamides is 1. The van der Waals surface area contributed by atoms with Gasteiger partial charge < -0.3 is 15.5 Å². The van der Waals surface area contributed by atoms with Gasteiger partial charge in [-0.3, -0.25) is 14.4 Å². The third kappa shape index (κ3) is 7.82. The van der Waals surface area contributed by atoms with E-state index in [0.29, 0.717) is 5.69 Å². The van der Waals surface area contributed by atoms with Gasteiger partial charge in [-0.2, -0.15) is 4.31 Å². The van der Waals surface area contributed by atoms with Crippen molar-refractivity contribution in [2.45, 2.75) is 45.1 Å². The molecule has 0 bridgehead atoms. The van der Waals surface area contributed by atoms with Crippen molar-refractivity contribution >= 4 is 33.4 Å². The Balaban J connectivity index is 2.83. The van der Waals surface area contributed by atoms with Crippen molar-refractivity contribution in [3.63, 3.8) is 0 Å². The van der Waals surface area contributed by atoms with Crippen LogP contribution in [0.5, 0.6) is 0 Å². The van der Waals surface area contributed by atoms with Gasteiger partial charge in [0.25, 0.3) is 0 Å². The Bertz CT molecular complexity index is 844. The standard InChI is InChI=1S/C19H30N4O5S/c1-7-23(12-17(25)21-19(3,4)5)18(26)13-22(6)29(27,28)16-10-8-15(9-11-16)20-14(2)24/h8-11H,7,12-13H2,1-6H3,(H,20,24)(H,21,25). The molecular formula is C19H30N4O5S. The Labute approximate surface area is 172 Å². The normalized spacial score (nSPS) is 11.8. The van der Waals surface area contributed by atoms with Crippen LogP contribution in [0, 0.1) is 0 Å². The summed E-state index contributed by atoms with van der Waals surface area (Å²) >= 11 is 0. The highest BCUT2D eigenvalue weighted by atomic mass is 32.2. The first kappa shape index (κ1) is 24.6. The van der Waals surface area contributed by atoms with Gasteiger partial charge in [0.15, 0.2) is 0 Å². The van der Waals surface area contributed by atoms with Gasteiger partial charge in [-0.1, -0.05) is 0 Å². The van der Waals surface area contributed by atoms with Crippen molar-refractivity contribution in [3.8, 4) is 0 Å². The summed E-state index contributed by atoms with van der Waals surface area (Å²) < 4.78 is 26.4. The third-order valence-corrected chi connectivity index (χ3v) is 5.64. The SMILES string of the molecule is CCN(CC(=O)NC(C)(C)C)C(=O)CN(C)S(=O)(=O)c1ccc(NC(C)=O)cc1. The first-order valence-electron chi connectivity index (χ1n) is 9.19. The van der Waals surface area contributed by atoms with E-state index < -0.39 is 28.0 Å². The summed E-state index contributed by atoms with van der Waals surface area (Å²) in [6, 6.07) is 5.66. The second kappa shape index (κ2) is 9.84. The van der Waals surface area contributed by atoms with E-state index in [1.54, 1.807) is 6.92 Å². The van der Waals surface area contributed by atoms with Crippen LogP contribution < -0.4 is 10.6 Å². The number of rotatable bonds is 8. The average Bonchev–Trinajstić information content (AvgIpc) is 2.57. The smallest absolute Gasteiger partial charge is 0.243 e. The molecule has 0 unspecified atom stereocenters. The molecular weight excluding hydrogens is 396 g/mol. The molecule has 0 fully saturated rings. The highest BCUT2D eigenvalue weighted by Crippen LogP contribution is 2.17. The van der Waals surface area contributed by atoms with E-state index in [1.165, 1.54) is 43.1 Å². The number of carbonyl (C=O) groups is 3. The molecule has 0 aromatic heterocycles. The van der Waals surface area contributed by atoms with Gasteiger partial charge in [0.2, 0.25) is 27.7 Å². The van der Waals surface area contributed by atoms with E-state index in [2.05, 4.69) is 10.6 Å². The van der Waals surface area contributed by atoms with Gasteiger partial charge >= 0.3 is 0 Å². The van der Waals surface area contributed by atoms with E-state index in [1.807, 2.05) is 20.8 Å². The minimum atomic E-state index is -3.91. The Morgan fingerprint density at radius 1 is 1.03 bits per heavy atom. The Kier molecular flexibility index (Phi) is 8.34. The largest absolute Gasteiger partial charge is 0.350 e. The highest BCUT2D eigenvalue weighted by molar-refractivity contribution is 7.89. The van der Waals surface area contributed by atoms with Crippen LogP contribution in [0.25, 0.3) is 0 Å². The second-order valence-electron chi connectivity index (χ2n) is 7.67. The minimum absolute atomic E-state index is 0.00424. The van der Waals surface area contributed by atoms with Gasteiger partial charge in [0.1, 0.15) is 0 Å². The summed E-state index contributed by atoms with van der Waals surface area (Å²) in [4.78, 5) is 37.0. The Morgan fingerprint density at radius 3 is 2.03 bits per heavy atom. The minimum Gasteiger partial charge on any atom is -0.350 e. The van der Waals surface area contributed by atoms with Gasteiger partial charge in [0.05, 0.1) is 18.0 Å². The molecule has 2 N–H and O–H groups in total. The average molecular weight is 427 g/mol. The van der Waals surface area contributed by atoms with Crippen molar-refractivity contribution in [3.05, 3.63) is 24.3 Å². The molecule has 1 aromatic rings. The number of anilines is 1. The van der Waals surface area contributed by atoms with Crippen LogP contribution in [0.4, 0.5) is 5.69 Å². The van der Waals surface area contributed by atoms with Crippen LogP contribution in [0.2, 0.25) is 0 Å². The number of hydrogen-bond donors (Lipinski definition) is 2. The van der Waals surface area contributed by atoms with Gasteiger partial charge in [0, 0.05) is 31.7 Å². The van der Waals surface area contributed by atoms with Crippen molar-refractivity contribution in [1.29, 1.82) is 0 Å². The maximum Gasteiger partial charge on any atom is 0.243 e. The molecule has 0 saturated carbocycles. The lowest BCUT2D eigenvalue weighted by Gasteiger charge is -2.26. The second-order valence-corrected chi connectivity index (χ2v) is 9.72. The molecule has 9 nitrogen and oxygen atoms in total. The summed E-state index contributed by atoms with van der Waals surface area (Å²) in [5.74, 6) is -1.05. The van der Waals surface area contributed by atoms with Crippen LogP contribution in [0.3, 0.4) is 0 Å². The fourth-order valence-corrected chi connectivity index (χ4v) is 3.60. The predicted octanol–water partition coefficient (Wildman–Crippen LogP) is 1.03. The fourth-order valence-electron chi connectivity index (χ4n) is 2.48. The van der Waals surface area contributed by atoms with E-state index in [-0.39, 0.29) is 29.8 Å².